The first kappa shape index (κ1) is 31.7. The van der Waals surface area contributed by atoms with Crippen LogP contribution in [0.4, 0.5) is 19.8 Å². The Bertz CT molecular complexity index is 1910. The average molecular weight is 614 g/mol. The van der Waals surface area contributed by atoms with Crippen molar-refractivity contribution in [2.24, 2.45) is 0 Å². The molecular weight excluding hydrogens is 573 g/mol. The van der Waals surface area contributed by atoms with Crippen molar-refractivity contribution in [1.29, 1.82) is 0 Å². The molecule has 1 amide bonds. The van der Waals surface area contributed by atoms with Gasteiger partial charge in [0.05, 0.1) is 17.4 Å². The quantitative estimate of drug-likeness (QED) is 0.206. The zero-order valence-electron chi connectivity index (χ0n) is 27.1. The van der Waals surface area contributed by atoms with Crippen molar-refractivity contribution >= 4 is 34.6 Å². The largest absolute Gasteiger partial charge is 0.464 e. The van der Waals surface area contributed by atoms with E-state index in [0.29, 0.717) is 40.4 Å². The minimum absolute atomic E-state index is 0.0806. The Labute approximate surface area is 262 Å². The van der Waals surface area contributed by atoms with Crippen molar-refractivity contribution in [3.05, 3.63) is 83.4 Å². The minimum atomic E-state index is -1.07. The van der Waals surface area contributed by atoms with E-state index in [0.717, 1.165) is 16.5 Å². The normalized spacial score (nSPS) is 12.3. The summed E-state index contributed by atoms with van der Waals surface area (Å²) in [6, 6.07) is 15.3. The summed E-state index contributed by atoms with van der Waals surface area (Å²) in [5, 5.41) is 15.7. The topological polar surface area (TPSA) is 102 Å². The number of halogens is 1. The molecule has 5 aromatic rings. The van der Waals surface area contributed by atoms with Gasteiger partial charge in [0.2, 0.25) is 0 Å². The minimum Gasteiger partial charge on any atom is -0.464 e. The number of hydrogen-bond acceptors (Lipinski definition) is 5. The van der Waals surface area contributed by atoms with Crippen molar-refractivity contribution in [1.82, 2.24) is 19.2 Å². The number of aromatic nitrogens is 4. The fourth-order valence-corrected chi connectivity index (χ4v) is 5.75. The van der Waals surface area contributed by atoms with Crippen molar-refractivity contribution in [3.63, 3.8) is 0 Å². The molecule has 0 unspecified atom stereocenters. The number of para-hydroxylation sites is 1. The first-order valence-corrected chi connectivity index (χ1v) is 15.1. The average Bonchev–Trinajstić information content (AvgIpc) is 3.52. The highest BCUT2D eigenvalue weighted by atomic mass is 19.1. The molecule has 3 heterocycles. The summed E-state index contributed by atoms with van der Waals surface area (Å²) in [7, 11) is 0. The monoisotopic (exact) mass is 613 g/mol. The van der Waals surface area contributed by atoms with Crippen molar-refractivity contribution < 1.29 is 23.8 Å². The SMILES string of the molecule is CC(C)c1cnn2c(N(CCc3c(C(C)(C)C)n(C(=O)O)c4ccccc34)C(=O)OC(C)(C)C)cc(-c3cccc(F)c3)nc12. The molecule has 10 heteroatoms. The highest BCUT2D eigenvalue weighted by molar-refractivity contribution is 5.94. The number of carboxylic acid groups (broad SMARTS) is 1. The maximum Gasteiger partial charge on any atom is 0.416 e. The molecule has 0 aliphatic heterocycles. The number of carbonyl (C=O) groups excluding carboxylic acids is 1. The number of benzene rings is 2. The number of amides is 1. The number of hydrogen-bond donors (Lipinski definition) is 1. The second-order valence-corrected chi connectivity index (χ2v) is 13.6. The highest BCUT2D eigenvalue weighted by Gasteiger charge is 2.32. The van der Waals surface area contributed by atoms with E-state index in [9.17, 15) is 19.1 Å². The summed E-state index contributed by atoms with van der Waals surface area (Å²) in [6.07, 6.45) is 0.391. The van der Waals surface area contributed by atoms with E-state index >= 15 is 0 Å². The fraction of sp³-hybridized carbons (Fsp3) is 0.371. The number of anilines is 1. The number of rotatable bonds is 6. The van der Waals surface area contributed by atoms with Crippen LogP contribution >= 0.6 is 0 Å². The molecule has 0 fully saturated rings. The van der Waals surface area contributed by atoms with Gasteiger partial charge in [-0.15, -0.1) is 0 Å². The van der Waals surface area contributed by atoms with Gasteiger partial charge in [-0.2, -0.15) is 9.61 Å². The third-order valence-electron chi connectivity index (χ3n) is 7.58. The van der Waals surface area contributed by atoms with Crippen LogP contribution in [0.15, 0.2) is 60.8 Å². The molecule has 9 nitrogen and oxygen atoms in total. The Kier molecular flexibility index (Phi) is 8.20. The highest BCUT2D eigenvalue weighted by Crippen LogP contribution is 2.36. The van der Waals surface area contributed by atoms with Gasteiger partial charge < -0.3 is 9.84 Å². The van der Waals surface area contributed by atoms with E-state index < -0.39 is 29.0 Å². The van der Waals surface area contributed by atoms with Crippen LogP contribution in [0.5, 0.6) is 0 Å². The van der Waals surface area contributed by atoms with E-state index in [2.05, 4.69) is 5.10 Å². The van der Waals surface area contributed by atoms with Crippen LogP contribution in [0, 0.1) is 5.82 Å². The molecular formula is C35H40FN5O4. The maximum absolute atomic E-state index is 14.3. The van der Waals surface area contributed by atoms with E-state index in [1.807, 2.05) is 52.8 Å². The Morgan fingerprint density at radius 3 is 2.36 bits per heavy atom. The Balaban J connectivity index is 1.72. The summed E-state index contributed by atoms with van der Waals surface area (Å²) in [4.78, 5) is 32.9. The third kappa shape index (κ3) is 6.27. The van der Waals surface area contributed by atoms with E-state index in [1.54, 1.807) is 55.7 Å². The van der Waals surface area contributed by atoms with Gasteiger partial charge >= 0.3 is 12.2 Å². The first-order chi connectivity index (χ1) is 21.1. The number of nitrogens with zero attached hydrogens (tertiary/aromatic N) is 5. The van der Waals surface area contributed by atoms with Crippen LogP contribution in [-0.2, 0) is 16.6 Å². The summed E-state index contributed by atoms with van der Waals surface area (Å²) in [6.45, 7) is 15.5. The van der Waals surface area contributed by atoms with E-state index in [4.69, 9.17) is 9.72 Å². The molecule has 1 N–H and O–H groups in total. The van der Waals surface area contributed by atoms with Crippen LogP contribution in [0.25, 0.3) is 27.8 Å². The predicted molar refractivity (Wildman–Crippen MR) is 174 cm³/mol. The molecule has 0 aliphatic rings. The summed E-state index contributed by atoms with van der Waals surface area (Å²) in [5.41, 5.74) is 3.20. The number of fused-ring (bicyclic) bond motifs is 2. The van der Waals surface area contributed by atoms with Crippen LogP contribution in [0.3, 0.4) is 0 Å². The van der Waals surface area contributed by atoms with Crippen molar-refractivity contribution in [2.45, 2.75) is 78.7 Å². The number of carbonyl (C=O) groups is 2. The lowest BCUT2D eigenvalue weighted by atomic mass is 9.87. The first-order valence-electron chi connectivity index (χ1n) is 15.1. The number of ether oxygens (including phenoxy) is 1. The second-order valence-electron chi connectivity index (χ2n) is 13.6. The lowest BCUT2D eigenvalue weighted by Gasteiger charge is -2.28. The molecule has 2 aromatic carbocycles. The van der Waals surface area contributed by atoms with Crippen molar-refractivity contribution in [3.8, 4) is 11.3 Å². The predicted octanol–water partition coefficient (Wildman–Crippen LogP) is 8.42. The molecule has 0 radical (unpaired) electrons. The molecule has 236 valence electrons. The van der Waals surface area contributed by atoms with Gasteiger partial charge in [0.15, 0.2) is 5.65 Å². The molecule has 0 spiro atoms. The summed E-state index contributed by atoms with van der Waals surface area (Å²) in [5.74, 6) is 0.0820. The maximum atomic E-state index is 14.3. The van der Waals surface area contributed by atoms with Crippen molar-refractivity contribution in [2.75, 3.05) is 11.4 Å². The molecule has 0 saturated heterocycles. The summed E-state index contributed by atoms with van der Waals surface area (Å²) >= 11 is 0. The second kappa shape index (κ2) is 11.6. The lowest BCUT2D eigenvalue weighted by Crippen LogP contribution is -2.39. The Morgan fingerprint density at radius 2 is 1.73 bits per heavy atom. The van der Waals surface area contributed by atoms with Gasteiger partial charge in [0, 0.05) is 40.2 Å². The van der Waals surface area contributed by atoms with Gasteiger partial charge in [-0.3, -0.25) is 4.90 Å². The zero-order chi connectivity index (χ0) is 32.8. The molecule has 0 atom stereocenters. The van der Waals surface area contributed by atoms with Crippen LogP contribution < -0.4 is 4.90 Å². The smallest absolute Gasteiger partial charge is 0.416 e. The van der Waals surface area contributed by atoms with Crippen LogP contribution in [0.2, 0.25) is 0 Å². The van der Waals surface area contributed by atoms with E-state index in [1.165, 1.54) is 21.6 Å². The van der Waals surface area contributed by atoms with Crippen LogP contribution in [-0.4, -0.2) is 48.6 Å². The van der Waals surface area contributed by atoms with Gasteiger partial charge in [-0.1, -0.05) is 65.0 Å². The zero-order valence-corrected chi connectivity index (χ0v) is 27.1. The Hall–Kier alpha value is -4.73. The van der Waals surface area contributed by atoms with Gasteiger partial charge in [0.25, 0.3) is 0 Å². The van der Waals surface area contributed by atoms with Crippen LogP contribution in [0.1, 0.15) is 78.1 Å². The third-order valence-corrected chi connectivity index (χ3v) is 7.58. The standard InChI is InChI=1S/C35H40FN5O4/c1-21(2)26-20-37-41-29(19-27(38-31(26)41)22-12-11-13-23(36)18-22)39(33(44)45-35(6,7)8)17-16-25-24-14-9-10-15-28(24)40(32(42)43)30(25)34(3,4)5/h9-15,18-21H,16-17H2,1-8H3,(H,42,43). The summed E-state index contributed by atoms with van der Waals surface area (Å²) < 4.78 is 23.2. The lowest BCUT2D eigenvalue weighted by molar-refractivity contribution is 0.0579. The molecule has 0 bridgehead atoms. The molecule has 45 heavy (non-hydrogen) atoms. The molecule has 5 rings (SSSR count). The molecule has 3 aromatic heterocycles. The molecule has 0 saturated carbocycles. The fourth-order valence-electron chi connectivity index (χ4n) is 5.75. The van der Waals surface area contributed by atoms with E-state index in [-0.39, 0.29) is 12.5 Å². The molecule has 0 aliphatic carbocycles. The van der Waals surface area contributed by atoms with Gasteiger partial charge in [-0.25, -0.2) is 23.5 Å². The van der Waals surface area contributed by atoms with Gasteiger partial charge in [0.1, 0.15) is 17.2 Å². The van der Waals surface area contributed by atoms with Gasteiger partial charge in [-0.05, 0) is 56.9 Å². The Morgan fingerprint density at radius 1 is 1.02 bits per heavy atom.